The summed E-state index contributed by atoms with van der Waals surface area (Å²) in [4.78, 5) is 4.90. The molecule has 0 radical (unpaired) electrons. The van der Waals surface area contributed by atoms with Gasteiger partial charge in [-0.25, -0.2) is 0 Å². The minimum atomic E-state index is 0.253. The van der Waals surface area contributed by atoms with Crippen LogP contribution in [0.3, 0.4) is 0 Å². The number of fused-ring (bicyclic) bond motifs is 2. The molecule has 96 valence electrons. The third kappa shape index (κ3) is 2.34. The second kappa shape index (κ2) is 4.47. The van der Waals surface area contributed by atoms with Crippen molar-refractivity contribution in [2.45, 2.75) is 69.7 Å². The fraction of sp³-hybridized carbons (Fsp3) is 0.923. The van der Waals surface area contributed by atoms with Crippen LogP contribution in [0.1, 0.15) is 46.0 Å². The average molecular weight is 254 g/mol. The van der Waals surface area contributed by atoms with E-state index in [1.54, 1.807) is 0 Å². The largest absolute Gasteiger partial charge is 0.373 e. The number of amidine groups is 1. The van der Waals surface area contributed by atoms with Gasteiger partial charge in [0.15, 0.2) is 5.17 Å². The van der Waals surface area contributed by atoms with Crippen LogP contribution < -0.4 is 5.32 Å². The Morgan fingerprint density at radius 3 is 3.06 bits per heavy atom. The van der Waals surface area contributed by atoms with Crippen molar-refractivity contribution in [3.8, 4) is 0 Å². The highest BCUT2D eigenvalue weighted by Gasteiger charge is 2.41. The van der Waals surface area contributed by atoms with E-state index < -0.39 is 0 Å². The summed E-state index contributed by atoms with van der Waals surface area (Å²) >= 11 is 1.88. The Labute approximate surface area is 108 Å². The zero-order chi connectivity index (χ0) is 11.9. The zero-order valence-corrected chi connectivity index (χ0v) is 11.6. The SMILES string of the molecule is CCC1(C)CCSC(=NC2CC3CCC2O3)N1. The van der Waals surface area contributed by atoms with Crippen LogP contribution in [0.25, 0.3) is 0 Å². The van der Waals surface area contributed by atoms with Gasteiger partial charge in [0.1, 0.15) is 0 Å². The molecule has 0 amide bonds. The normalized spacial score (nSPS) is 47.4. The van der Waals surface area contributed by atoms with Gasteiger partial charge in [-0.3, -0.25) is 4.99 Å². The Morgan fingerprint density at radius 2 is 2.41 bits per heavy atom. The lowest BCUT2D eigenvalue weighted by molar-refractivity contribution is 0.101. The number of nitrogens with zero attached hydrogens (tertiary/aromatic N) is 1. The van der Waals surface area contributed by atoms with Gasteiger partial charge in [-0.15, -0.1) is 0 Å². The van der Waals surface area contributed by atoms with Crippen LogP contribution >= 0.6 is 11.8 Å². The van der Waals surface area contributed by atoms with Gasteiger partial charge in [-0.1, -0.05) is 18.7 Å². The van der Waals surface area contributed by atoms with Crippen molar-refractivity contribution >= 4 is 16.9 Å². The Hall–Kier alpha value is -0.220. The molecule has 1 N–H and O–H groups in total. The molecule has 17 heavy (non-hydrogen) atoms. The topological polar surface area (TPSA) is 33.6 Å². The third-order valence-electron chi connectivity index (χ3n) is 4.44. The van der Waals surface area contributed by atoms with Crippen molar-refractivity contribution in [3.63, 3.8) is 0 Å². The number of ether oxygens (including phenoxy) is 1. The maximum Gasteiger partial charge on any atom is 0.157 e. The highest BCUT2D eigenvalue weighted by Crippen LogP contribution is 2.37. The molecule has 3 heterocycles. The summed E-state index contributed by atoms with van der Waals surface area (Å²) < 4.78 is 5.86. The molecule has 0 saturated carbocycles. The molecule has 4 heteroatoms. The predicted molar refractivity (Wildman–Crippen MR) is 72.6 cm³/mol. The van der Waals surface area contributed by atoms with Gasteiger partial charge in [0.2, 0.25) is 0 Å². The predicted octanol–water partition coefficient (Wildman–Crippen LogP) is 2.56. The summed E-state index contributed by atoms with van der Waals surface area (Å²) in [6, 6.07) is 0.419. The van der Waals surface area contributed by atoms with Gasteiger partial charge >= 0.3 is 0 Å². The van der Waals surface area contributed by atoms with E-state index in [9.17, 15) is 0 Å². The molecule has 4 atom stereocenters. The molecule has 0 aromatic rings. The molecular weight excluding hydrogens is 232 g/mol. The van der Waals surface area contributed by atoms with E-state index in [0.717, 1.165) is 11.6 Å². The Bertz CT molecular complexity index is 333. The first-order chi connectivity index (χ1) is 8.18. The average Bonchev–Trinajstić information content (AvgIpc) is 2.91. The van der Waals surface area contributed by atoms with E-state index in [4.69, 9.17) is 9.73 Å². The van der Waals surface area contributed by atoms with E-state index in [2.05, 4.69) is 19.2 Å². The fourth-order valence-corrected chi connectivity index (χ4v) is 4.24. The van der Waals surface area contributed by atoms with Crippen molar-refractivity contribution in [3.05, 3.63) is 0 Å². The number of nitrogens with one attached hydrogen (secondary N) is 1. The first kappa shape index (κ1) is 11.8. The number of aliphatic imine (C=N–C) groups is 1. The van der Waals surface area contributed by atoms with E-state index >= 15 is 0 Å². The molecule has 2 bridgehead atoms. The molecule has 3 rings (SSSR count). The molecule has 0 spiro atoms. The molecule has 3 nitrogen and oxygen atoms in total. The Morgan fingerprint density at radius 1 is 1.53 bits per heavy atom. The minimum absolute atomic E-state index is 0.253. The molecule has 0 aliphatic carbocycles. The standard InChI is InChI=1S/C13H22N2OS/c1-3-13(2)6-7-17-12(15-13)14-10-8-9-4-5-11(10)16-9/h9-11H,3-8H2,1-2H3,(H,14,15). The van der Waals surface area contributed by atoms with Gasteiger partial charge in [0.05, 0.1) is 18.2 Å². The number of hydrogen-bond acceptors (Lipinski definition) is 3. The summed E-state index contributed by atoms with van der Waals surface area (Å²) in [7, 11) is 0. The molecule has 3 aliphatic heterocycles. The maximum absolute atomic E-state index is 5.86. The Balaban J connectivity index is 1.67. The molecule has 0 aromatic heterocycles. The summed E-state index contributed by atoms with van der Waals surface area (Å²) in [5.74, 6) is 1.19. The molecule has 0 aromatic carbocycles. The van der Waals surface area contributed by atoms with Crippen molar-refractivity contribution in [2.24, 2.45) is 4.99 Å². The molecule has 3 aliphatic rings. The number of hydrogen-bond donors (Lipinski definition) is 1. The van der Waals surface area contributed by atoms with Crippen LogP contribution in [0, 0.1) is 0 Å². The van der Waals surface area contributed by atoms with Crippen LogP contribution in [0.15, 0.2) is 4.99 Å². The molecule has 3 saturated heterocycles. The maximum atomic E-state index is 5.86. The van der Waals surface area contributed by atoms with Crippen LogP contribution in [-0.4, -0.2) is 34.7 Å². The van der Waals surface area contributed by atoms with Gasteiger partial charge < -0.3 is 10.1 Å². The second-order valence-corrected chi connectivity index (χ2v) is 6.83. The lowest BCUT2D eigenvalue weighted by Gasteiger charge is -2.35. The van der Waals surface area contributed by atoms with Crippen molar-refractivity contribution in [2.75, 3.05) is 5.75 Å². The van der Waals surface area contributed by atoms with Gasteiger partial charge in [-0.05, 0) is 39.0 Å². The lowest BCUT2D eigenvalue weighted by Crippen LogP contribution is -2.48. The van der Waals surface area contributed by atoms with Crippen molar-refractivity contribution < 1.29 is 4.74 Å². The summed E-state index contributed by atoms with van der Waals surface area (Å²) in [5.41, 5.74) is 0.253. The van der Waals surface area contributed by atoms with Gasteiger partial charge in [-0.2, -0.15) is 0 Å². The summed E-state index contributed by atoms with van der Waals surface area (Å²) in [5, 5.41) is 4.78. The van der Waals surface area contributed by atoms with Crippen LogP contribution in [-0.2, 0) is 4.74 Å². The third-order valence-corrected chi connectivity index (χ3v) is 5.33. The van der Waals surface area contributed by atoms with Gasteiger partial charge in [0, 0.05) is 11.3 Å². The zero-order valence-electron chi connectivity index (χ0n) is 10.7. The summed E-state index contributed by atoms with van der Waals surface area (Å²) in [6.45, 7) is 4.56. The quantitative estimate of drug-likeness (QED) is 0.822. The van der Waals surface area contributed by atoms with E-state index in [0.29, 0.717) is 18.2 Å². The fourth-order valence-electron chi connectivity index (χ4n) is 2.96. The second-order valence-electron chi connectivity index (χ2n) is 5.75. The lowest BCUT2D eigenvalue weighted by atomic mass is 9.95. The molecule has 3 fully saturated rings. The highest BCUT2D eigenvalue weighted by atomic mass is 32.2. The molecular formula is C13H22N2OS. The first-order valence-electron chi connectivity index (χ1n) is 6.83. The van der Waals surface area contributed by atoms with Gasteiger partial charge in [0.25, 0.3) is 0 Å². The Kier molecular flexibility index (Phi) is 3.11. The number of thioether (sulfide) groups is 1. The van der Waals surface area contributed by atoms with Crippen molar-refractivity contribution in [1.29, 1.82) is 0 Å². The number of rotatable bonds is 2. The van der Waals surface area contributed by atoms with Crippen molar-refractivity contribution in [1.82, 2.24) is 5.32 Å². The monoisotopic (exact) mass is 254 g/mol. The minimum Gasteiger partial charge on any atom is -0.373 e. The first-order valence-corrected chi connectivity index (χ1v) is 7.81. The van der Waals surface area contributed by atoms with E-state index in [-0.39, 0.29) is 5.54 Å². The summed E-state index contributed by atoms with van der Waals surface area (Å²) in [6.07, 6.45) is 6.91. The van der Waals surface area contributed by atoms with E-state index in [1.807, 2.05) is 11.8 Å². The van der Waals surface area contributed by atoms with Crippen LogP contribution in [0.5, 0.6) is 0 Å². The van der Waals surface area contributed by atoms with Crippen LogP contribution in [0.4, 0.5) is 0 Å². The van der Waals surface area contributed by atoms with E-state index in [1.165, 1.54) is 31.4 Å². The smallest absolute Gasteiger partial charge is 0.157 e. The molecule has 4 unspecified atom stereocenters. The van der Waals surface area contributed by atoms with Crippen LogP contribution in [0.2, 0.25) is 0 Å². The highest BCUT2D eigenvalue weighted by molar-refractivity contribution is 8.13.